The number of thiophene rings is 1. The van der Waals surface area contributed by atoms with Crippen molar-refractivity contribution in [2.45, 2.75) is 45.8 Å². The molecule has 1 aromatic carbocycles. The maximum Gasteiger partial charge on any atom is 0.278 e. The van der Waals surface area contributed by atoms with Crippen LogP contribution in [0, 0.1) is 6.92 Å². The molecule has 2 rings (SSSR count). The van der Waals surface area contributed by atoms with Gasteiger partial charge in [0, 0.05) is 11.6 Å². The molecule has 2 atom stereocenters. The second-order valence-corrected chi connectivity index (χ2v) is 7.03. The minimum absolute atomic E-state index is 0.0867. The van der Waals surface area contributed by atoms with Gasteiger partial charge in [-0.2, -0.15) is 0 Å². The van der Waals surface area contributed by atoms with E-state index >= 15 is 0 Å². The highest BCUT2D eigenvalue weighted by atomic mass is 32.1. The van der Waals surface area contributed by atoms with Crippen LogP contribution >= 0.6 is 11.3 Å². The number of amides is 1. The largest absolute Gasteiger partial charge is 0.349 e. The average molecular weight is 317 g/mol. The number of aryl methyl sites for hydroxylation is 1. The third-order valence-electron chi connectivity index (χ3n) is 3.61. The van der Waals surface area contributed by atoms with Crippen molar-refractivity contribution >= 4 is 17.2 Å². The predicted octanol–water partition coefficient (Wildman–Crippen LogP) is 2.62. The van der Waals surface area contributed by atoms with Gasteiger partial charge in [0.15, 0.2) is 6.04 Å². The lowest BCUT2D eigenvalue weighted by molar-refractivity contribution is -0.704. The number of nitrogens with two attached hydrogens (primary N) is 1. The summed E-state index contributed by atoms with van der Waals surface area (Å²) in [7, 11) is 0. The Morgan fingerprint density at radius 1 is 1.14 bits per heavy atom. The standard InChI is InChI=1S/C18H24N2OS/c1-12(2)19-18(21)14(4)20-17(16-6-5-11-22-16)15-9-7-13(3)8-10-15/h5-12,14,17,20H,1-4H3,(H,19,21)/p+1/t14-,17-/m0/s1. The quantitative estimate of drug-likeness (QED) is 0.845. The fourth-order valence-electron chi connectivity index (χ4n) is 2.40. The molecule has 0 aliphatic heterocycles. The normalized spacial score (nSPS) is 13.9. The van der Waals surface area contributed by atoms with Crippen molar-refractivity contribution in [1.82, 2.24) is 5.32 Å². The Labute approximate surface area is 136 Å². The third kappa shape index (κ3) is 4.42. The number of hydrogen-bond donors (Lipinski definition) is 2. The Bertz CT molecular complexity index is 590. The molecule has 0 saturated carbocycles. The molecule has 1 amide bonds. The van der Waals surface area contributed by atoms with Gasteiger partial charge in [0.1, 0.15) is 6.04 Å². The summed E-state index contributed by atoms with van der Waals surface area (Å²) in [6.07, 6.45) is 0. The number of quaternary nitrogens is 1. The van der Waals surface area contributed by atoms with Crippen molar-refractivity contribution in [2.75, 3.05) is 0 Å². The molecule has 0 bridgehead atoms. The van der Waals surface area contributed by atoms with Gasteiger partial charge < -0.3 is 10.6 Å². The SMILES string of the molecule is Cc1ccc([C@H]([NH2+][C@@H](C)C(=O)NC(C)C)c2cccs2)cc1. The number of carbonyl (C=O) groups excluding carboxylic acids is 1. The van der Waals surface area contributed by atoms with E-state index in [2.05, 4.69) is 59.3 Å². The van der Waals surface area contributed by atoms with Gasteiger partial charge in [0.2, 0.25) is 0 Å². The Kier molecular flexibility index (Phi) is 5.75. The predicted molar refractivity (Wildman–Crippen MR) is 92.0 cm³/mol. The fraction of sp³-hybridized carbons (Fsp3) is 0.389. The molecule has 4 heteroatoms. The molecule has 0 radical (unpaired) electrons. The van der Waals surface area contributed by atoms with Crippen molar-refractivity contribution in [2.24, 2.45) is 0 Å². The van der Waals surface area contributed by atoms with Gasteiger partial charge in [-0.3, -0.25) is 4.79 Å². The van der Waals surface area contributed by atoms with Gasteiger partial charge in [0.25, 0.3) is 5.91 Å². The van der Waals surface area contributed by atoms with Gasteiger partial charge in [0.05, 0.1) is 4.88 Å². The molecule has 0 saturated heterocycles. The lowest BCUT2D eigenvalue weighted by atomic mass is 10.0. The van der Waals surface area contributed by atoms with Crippen molar-refractivity contribution in [3.05, 3.63) is 57.8 Å². The first-order chi connectivity index (χ1) is 10.5. The highest BCUT2D eigenvalue weighted by molar-refractivity contribution is 7.10. The highest BCUT2D eigenvalue weighted by Gasteiger charge is 2.25. The zero-order chi connectivity index (χ0) is 16.1. The molecular formula is C18H25N2OS+. The molecule has 0 aliphatic rings. The van der Waals surface area contributed by atoms with Crippen LogP contribution in [0.5, 0.6) is 0 Å². The first kappa shape index (κ1) is 16.7. The Balaban J connectivity index is 2.19. The van der Waals surface area contributed by atoms with E-state index in [1.165, 1.54) is 16.0 Å². The maximum atomic E-state index is 12.2. The van der Waals surface area contributed by atoms with Crippen molar-refractivity contribution in [1.29, 1.82) is 0 Å². The monoisotopic (exact) mass is 317 g/mol. The topological polar surface area (TPSA) is 45.7 Å². The third-order valence-corrected chi connectivity index (χ3v) is 4.57. The summed E-state index contributed by atoms with van der Waals surface area (Å²) in [6, 6.07) is 13.0. The van der Waals surface area contributed by atoms with E-state index in [1.807, 2.05) is 20.8 Å². The van der Waals surface area contributed by atoms with Crippen molar-refractivity contribution in [3.63, 3.8) is 0 Å². The fourth-order valence-corrected chi connectivity index (χ4v) is 3.24. The Hall–Kier alpha value is -1.65. The van der Waals surface area contributed by atoms with Crippen molar-refractivity contribution < 1.29 is 10.1 Å². The molecule has 1 heterocycles. The van der Waals surface area contributed by atoms with Gasteiger partial charge in [-0.05, 0) is 39.1 Å². The van der Waals surface area contributed by atoms with Crippen LogP contribution in [-0.4, -0.2) is 18.0 Å². The van der Waals surface area contributed by atoms with Crippen LogP contribution < -0.4 is 10.6 Å². The summed E-state index contributed by atoms with van der Waals surface area (Å²) in [6.45, 7) is 8.03. The van der Waals surface area contributed by atoms with Crippen LogP contribution in [-0.2, 0) is 4.79 Å². The number of benzene rings is 1. The second-order valence-electron chi connectivity index (χ2n) is 6.05. The molecule has 0 aliphatic carbocycles. The lowest BCUT2D eigenvalue weighted by Crippen LogP contribution is -2.92. The summed E-state index contributed by atoms with van der Waals surface area (Å²) in [4.78, 5) is 13.5. The number of carbonyl (C=O) groups is 1. The van der Waals surface area contributed by atoms with E-state index in [9.17, 15) is 4.79 Å². The summed E-state index contributed by atoms with van der Waals surface area (Å²) < 4.78 is 0. The first-order valence-electron chi connectivity index (χ1n) is 7.72. The maximum absolute atomic E-state index is 12.2. The summed E-state index contributed by atoms with van der Waals surface area (Å²) in [5, 5.41) is 7.22. The number of nitrogens with one attached hydrogen (secondary N) is 1. The second kappa shape index (κ2) is 7.56. The summed E-state index contributed by atoms with van der Waals surface area (Å²) in [5.41, 5.74) is 2.48. The van der Waals surface area contributed by atoms with E-state index in [4.69, 9.17) is 0 Å². The van der Waals surface area contributed by atoms with Crippen LogP contribution in [0.1, 0.15) is 42.8 Å². The molecule has 22 heavy (non-hydrogen) atoms. The molecule has 2 aromatic rings. The van der Waals surface area contributed by atoms with E-state index < -0.39 is 0 Å². The first-order valence-corrected chi connectivity index (χ1v) is 8.60. The van der Waals surface area contributed by atoms with Gasteiger partial charge in [-0.1, -0.05) is 35.9 Å². The zero-order valence-corrected chi connectivity index (χ0v) is 14.5. The number of hydrogen-bond acceptors (Lipinski definition) is 2. The lowest BCUT2D eigenvalue weighted by Gasteiger charge is -2.20. The van der Waals surface area contributed by atoms with Crippen molar-refractivity contribution in [3.8, 4) is 0 Å². The van der Waals surface area contributed by atoms with Gasteiger partial charge in [-0.25, -0.2) is 0 Å². The molecule has 0 spiro atoms. The minimum atomic E-state index is -0.129. The zero-order valence-electron chi connectivity index (χ0n) is 13.7. The molecule has 3 nitrogen and oxygen atoms in total. The summed E-state index contributed by atoms with van der Waals surface area (Å²) >= 11 is 1.73. The van der Waals surface area contributed by atoms with Gasteiger partial charge in [-0.15, -0.1) is 11.3 Å². The van der Waals surface area contributed by atoms with E-state index in [-0.39, 0.29) is 24.0 Å². The Morgan fingerprint density at radius 2 is 1.82 bits per heavy atom. The minimum Gasteiger partial charge on any atom is -0.349 e. The molecule has 118 valence electrons. The average Bonchev–Trinajstić information content (AvgIpc) is 2.98. The van der Waals surface area contributed by atoms with E-state index in [1.54, 1.807) is 11.3 Å². The smallest absolute Gasteiger partial charge is 0.278 e. The summed E-state index contributed by atoms with van der Waals surface area (Å²) in [5.74, 6) is 0.0867. The molecular weight excluding hydrogens is 292 g/mol. The molecule has 0 fully saturated rings. The van der Waals surface area contributed by atoms with Crippen LogP contribution in [0.2, 0.25) is 0 Å². The van der Waals surface area contributed by atoms with Crippen LogP contribution in [0.4, 0.5) is 0 Å². The van der Waals surface area contributed by atoms with E-state index in [0.29, 0.717) is 0 Å². The molecule has 1 aromatic heterocycles. The van der Waals surface area contributed by atoms with Crippen LogP contribution in [0.25, 0.3) is 0 Å². The van der Waals surface area contributed by atoms with Gasteiger partial charge >= 0.3 is 0 Å². The molecule has 3 N–H and O–H groups in total. The Morgan fingerprint density at radius 3 is 2.36 bits per heavy atom. The number of rotatable bonds is 6. The van der Waals surface area contributed by atoms with Crippen LogP contribution in [0.3, 0.4) is 0 Å². The van der Waals surface area contributed by atoms with E-state index in [0.717, 1.165) is 0 Å². The highest BCUT2D eigenvalue weighted by Crippen LogP contribution is 2.23. The molecule has 0 unspecified atom stereocenters. The van der Waals surface area contributed by atoms with Crippen LogP contribution in [0.15, 0.2) is 41.8 Å².